The maximum atomic E-state index is 5.16. The van der Waals surface area contributed by atoms with E-state index in [1.807, 2.05) is 27.7 Å². The second-order valence-corrected chi connectivity index (χ2v) is 5.95. The molecular formula is C19H42N2O. The third-order valence-electron chi connectivity index (χ3n) is 4.91. The topological polar surface area (TPSA) is 15.7 Å². The first kappa shape index (κ1) is 21.9. The van der Waals surface area contributed by atoms with Crippen LogP contribution in [0.3, 0.4) is 0 Å². The first-order chi connectivity index (χ1) is 10.8. The van der Waals surface area contributed by atoms with Gasteiger partial charge in [-0.25, -0.2) is 0 Å². The zero-order valence-electron chi connectivity index (χ0n) is 16.2. The largest absolute Gasteiger partial charge is 0.383 e. The first-order valence-electron chi connectivity index (χ1n) is 9.78. The molecule has 0 aromatic heterocycles. The van der Waals surface area contributed by atoms with Crippen molar-refractivity contribution in [2.45, 2.75) is 72.8 Å². The summed E-state index contributed by atoms with van der Waals surface area (Å²) in [4.78, 5) is 5.32. The van der Waals surface area contributed by atoms with Gasteiger partial charge in [0, 0.05) is 19.7 Å². The van der Waals surface area contributed by atoms with E-state index in [1.165, 1.54) is 58.3 Å². The molecule has 22 heavy (non-hydrogen) atoms. The lowest BCUT2D eigenvalue weighted by atomic mass is 9.92. The van der Waals surface area contributed by atoms with Gasteiger partial charge in [-0.05, 0) is 57.8 Å². The maximum Gasteiger partial charge on any atom is 0.0589 e. The summed E-state index contributed by atoms with van der Waals surface area (Å²) >= 11 is 0. The van der Waals surface area contributed by atoms with Crippen molar-refractivity contribution >= 4 is 0 Å². The molecule has 2 saturated heterocycles. The molecule has 0 aromatic carbocycles. The Morgan fingerprint density at radius 1 is 0.864 bits per heavy atom. The molecule has 0 saturated carbocycles. The lowest BCUT2D eigenvalue weighted by Crippen LogP contribution is -2.48. The predicted molar refractivity (Wildman–Crippen MR) is 98.6 cm³/mol. The lowest BCUT2D eigenvalue weighted by molar-refractivity contribution is 0.0655. The summed E-state index contributed by atoms with van der Waals surface area (Å²) in [6.45, 7) is 17.6. The minimum Gasteiger partial charge on any atom is -0.383 e. The molecule has 0 aliphatic carbocycles. The van der Waals surface area contributed by atoms with Gasteiger partial charge in [0.05, 0.1) is 6.61 Å². The van der Waals surface area contributed by atoms with Crippen molar-refractivity contribution in [3.8, 4) is 0 Å². The highest BCUT2D eigenvalue weighted by Crippen LogP contribution is 2.25. The van der Waals surface area contributed by atoms with E-state index in [1.54, 1.807) is 7.11 Å². The number of hydrogen-bond acceptors (Lipinski definition) is 3. The van der Waals surface area contributed by atoms with Gasteiger partial charge in [0.15, 0.2) is 0 Å². The molecule has 134 valence electrons. The Kier molecular flexibility index (Phi) is 14.4. The Balaban J connectivity index is 0.00000102. The summed E-state index contributed by atoms with van der Waals surface area (Å²) < 4.78 is 5.16. The van der Waals surface area contributed by atoms with Crippen LogP contribution >= 0.6 is 0 Å². The summed E-state index contributed by atoms with van der Waals surface area (Å²) in [6, 6.07) is 0.863. The van der Waals surface area contributed by atoms with E-state index in [0.29, 0.717) is 0 Å². The number of ether oxygens (including phenoxy) is 1. The predicted octanol–water partition coefficient (Wildman–Crippen LogP) is 4.27. The molecule has 0 radical (unpaired) electrons. The van der Waals surface area contributed by atoms with Crippen molar-refractivity contribution in [2.75, 3.05) is 46.4 Å². The van der Waals surface area contributed by atoms with E-state index < -0.39 is 0 Å². The van der Waals surface area contributed by atoms with Crippen molar-refractivity contribution in [3.05, 3.63) is 0 Å². The summed E-state index contributed by atoms with van der Waals surface area (Å²) in [5, 5.41) is 0. The molecule has 0 N–H and O–H groups in total. The van der Waals surface area contributed by atoms with Crippen LogP contribution in [0, 0.1) is 5.92 Å². The van der Waals surface area contributed by atoms with Gasteiger partial charge in [0.1, 0.15) is 0 Å². The molecule has 0 bridgehead atoms. The van der Waals surface area contributed by atoms with Crippen LogP contribution in [-0.4, -0.2) is 62.3 Å². The van der Waals surface area contributed by atoms with E-state index in [2.05, 4.69) is 16.7 Å². The SMILES string of the molecule is CC.CC.CCC1CCN(C2CCN(CCOC)CC2)CC1. The van der Waals surface area contributed by atoms with Crippen LogP contribution in [0.5, 0.6) is 0 Å². The molecule has 2 fully saturated rings. The summed E-state index contributed by atoms with van der Waals surface area (Å²) in [5.74, 6) is 1.00. The molecule has 2 heterocycles. The number of hydrogen-bond donors (Lipinski definition) is 0. The molecule has 2 aliphatic rings. The van der Waals surface area contributed by atoms with Crippen molar-refractivity contribution in [2.24, 2.45) is 5.92 Å². The van der Waals surface area contributed by atoms with Gasteiger partial charge in [-0.1, -0.05) is 41.0 Å². The van der Waals surface area contributed by atoms with Crippen molar-refractivity contribution in [1.82, 2.24) is 9.80 Å². The average Bonchev–Trinajstić information content (AvgIpc) is 2.64. The van der Waals surface area contributed by atoms with Crippen molar-refractivity contribution in [1.29, 1.82) is 0 Å². The quantitative estimate of drug-likeness (QED) is 0.753. The molecule has 0 amide bonds. The van der Waals surface area contributed by atoms with E-state index in [9.17, 15) is 0 Å². The number of nitrogens with zero attached hydrogens (tertiary/aromatic N) is 2. The van der Waals surface area contributed by atoms with Crippen LogP contribution in [0.25, 0.3) is 0 Å². The second kappa shape index (κ2) is 14.5. The molecule has 0 spiro atoms. The van der Waals surface area contributed by atoms with Crippen molar-refractivity contribution in [3.63, 3.8) is 0 Å². The summed E-state index contributed by atoms with van der Waals surface area (Å²) in [5.41, 5.74) is 0. The van der Waals surface area contributed by atoms with Gasteiger partial charge in [-0.15, -0.1) is 0 Å². The smallest absolute Gasteiger partial charge is 0.0589 e. The molecule has 2 rings (SSSR count). The molecule has 0 aromatic rings. The number of methoxy groups -OCH3 is 1. The minimum atomic E-state index is 0.863. The van der Waals surface area contributed by atoms with Crippen LogP contribution in [0.15, 0.2) is 0 Å². The van der Waals surface area contributed by atoms with Gasteiger partial charge in [0.2, 0.25) is 0 Å². The third-order valence-corrected chi connectivity index (χ3v) is 4.91. The normalized spacial score (nSPS) is 21.5. The van der Waals surface area contributed by atoms with Gasteiger partial charge >= 0.3 is 0 Å². The van der Waals surface area contributed by atoms with E-state index in [4.69, 9.17) is 4.74 Å². The fraction of sp³-hybridized carbons (Fsp3) is 1.00. The Hall–Kier alpha value is -0.120. The molecular weight excluding hydrogens is 272 g/mol. The molecule has 0 atom stereocenters. The van der Waals surface area contributed by atoms with Crippen LogP contribution in [-0.2, 0) is 4.74 Å². The maximum absolute atomic E-state index is 5.16. The molecule has 0 unspecified atom stereocenters. The number of piperidine rings is 2. The molecule has 3 heteroatoms. The number of rotatable bonds is 5. The van der Waals surface area contributed by atoms with Crippen LogP contribution in [0.1, 0.15) is 66.7 Å². The zero-order valence-corrected chi connectivity index (χ0v) is 16.2. The van der Waals surface area contributed by atoms with Gasteiger partial charge in [-0.2, -0.15) is 0 Å². The fourth-order valence-corrected chi connectivity index (χ4v) is 3.45. The highest BCUT2D eigenvalue weighted by atomic mass is 16.5. The monoisotopic (exact) mass is 314 g/mol. The third kappa shape index (κ3) is 7.94. The molecule has 3 nitrogen and oxygen atoms in total. The van der Waals surface area contributed by atoms with Gasteiger partial charge in [-0.3, -0.25) is 0 Å². The minimum absolute atomic E-state index is 0.863. The fourth-order valence-electron chi connectivity index (χ4n) is 3.45. The average molecular weight is 315 g/mol. The van der Waals surface area contributed by atoms with E-state index in [0.717, 1.165) is 25.1 Å². The second-order valence-electron chi connectivity index (χ2n) is 5.95. The first-order valence-corrected chi connectivity index (χ1v) is 9.78. The van der Waals surface area contributed by atoms with Crippen molar-refractivity contribution < 1.29 is 4.74 Å². The highest BCUT2D eigenvalue weighted by molar-refractivity contribution is 4.83. The Bertz CT molecular complexity index is 219. The Morgan fingerprint density at radius 2 is 1.41 bits per heavy atom. The summed E-state index contributed by atoms with van der Waals surface area (Å²) in [6.07, 6.45) is 6.96. The lowest BCUT2D eigenvalue weighted by Gasteiger charge is -2.41. The highest BCUT2D eigenvalue weighted by Gasteiger charge is 2.27. The number of likely N-dealkylation sites (tertiary alicyclic amines) is 2. The standard InChI is InChI=1S/C15H30N2O.2C2H6/c1-3-14-4-10-17(11-5-14)15-6-8-16(9-7-15)12-13-18-2;2*1-2/h14-15H,3-13H2,1-2H3;2*1-2H3. The van der Waals surface area contributed by atoms with Crippen LogP contribution < -0.4 is 0 Å². The summed E-state index contributed by atoms with van der Waals surface area (Å²) in [7, 11) is 1.80. The van der Waals surface area contributed by atoms with Crippen LogP contribution in [0.2, 0.25) is 0 Å². The Labute approximate surface area is 140 Å². The Morgan fingerprint density at radius 3 is 1.86 bits per heavy atom. The van der Waals surface area contributed by atoms with E-state index >= 15 is 0 Å². The van der Waals surface area contributed by atoms with E-state index in [-0.39, 0.29) is 0 Å². The van der Waals surface area contributed by atoms with Gasteiger partial charge in [0.25, 0.3) is 0 Å². The van der Waals surface area contributed by atoms with Gasteiger partial charge < -0.3 is 14.5 Å². The molecule has 2 aliphatic heterocycles. The van der Waals surface area contributed by atoms with Crippen LogP contribution in [0.4, 0.5) is 0 Å². The zero-order chi connectivity index (χ0) is 16.8.